The number of aliphatic hydroxyl groups is 2. The highest BCUT2D eigenvalue weighted by atomic mass is 32.1. The van der Waals surface area contributed by atoms with E-state index in [4.69, 9.17) is 32.6 Å². The molecule has 2 heterocycles. The summed E-state index contributed by atoms with van der Waals surface area (Å²) in [7, 11) is -17.6. The fraction of sp³-hybridized carbons (Fsp3) is 0.600. The predicted octanol–water partition coefficient (Wildman–Crippen LogP) is -0.0667. The minimum Gasteiger partial charge on any atom is -0.384 e. The smallest absolute Gasteiger partial charge is 0.384 e. The van der Waals surface area contributed by atoms with E-state index in [-0.39, 0.29) is 0 Å². The zero-order valence-corrected chi connectivity index (χ0v) is 19.0. The van der Waals surface area contributed by atoms with E-state index < -0.39 is 76.9 Å². The average molecular weight is 567 g/mol. The molecule has 23 heteroatoms. The van der Waals surface area contributed by atoms with Gasteiger partial charge in [0.1, 0.15) is 13.3 Å². The van der Waals surface area contributed by atoms with Crippen LogP contribution >= 0.6 is 35.7 Å². The third-order valence-corrected chi connectivity index (χ3v) is 7.94. The molecule has 6 atom stereocenters. The molecule has 1 aromatic rings. The van der Waals surface area contributed by atoms with Crippen LogP contribution in [-0.4, -0.2) is 70.2 Å². The fourth-order valence-corrected chi connectivity index (χ4v) is 5.79. The molecule has 1 aliphatic rings. The normalized spacial score (nSPS) is 31.8. The molecule has 1 aliphatic heterocycles. The van der Waals surface area contributed by atoms with Crippen LogP contribution in [0.2, 0.25) is 0 Å². The quantitative estimate of drug-likeness (QED) is 0.152. The number of nitrogens with two attached hydrogens (primary N) is 1. The number of nitrogens with zero attached hydrogens (tertiary/aromatic N) is 2. The Morgan fingerprint density at radius 2 is 1.82 bits per heavy atom. The van der Waals surface area contributed by atoms with Crippen molar-refractivity contribution < 1.29 is 74.5 Å². The van der Waals surface area contributed by atoms with Crippen LogP contribution in [0.1, 0.15) is 6.23 Å². The Kier molecular flexibility index (Phi) is 8.03. The van der Waals surface area contributed by atoms with Crippen LogP contribution in [0.3, 0.4) is 0 Å². The summed E-state index contributed by atoms with van der Waals surface area (Å²) in [5.41, 5.74) is 1.98. The van der Waals surface area contributed by atoms with Crippen molar-refractivity contribution in [1.29, 1.82) is 0 Å². The van der Waals surface area contributed by atoms with Gasteiger partial charge >= 0.3 is 23.5 Å². The molecule has 0 aliphatic carbocycles. The highest BCUT2D eigenvalue weighted by molar-refractivity contribution is 7.71. The van der Waals surface area contributed by atoms with Gasteiger partial charge in [-0.1, -0.05) is 0 Å². The number of ether oxygens (including phenoxy) is 1. The third-order valence-electron chi connectivity index (χ3n) is 3.86. The van der Waals surface area contributed by atoms with E-state index in [1.807, 2.05) is 0 Å². The molecule has 1 saturated heterocycles. The molecule has 0 bridgehead atoms. The van der Waals surface area contributed by atoms with Gasteiger partial charge in [-0.3, -0.25) is 9.09 Å². The van der Waals surface area contributed by atoms with Gasteiger partial charge in [0.15, 0.2) is 29.6 Å². The molecule has 2 rings (SSSR count). The lowest BCUT2D eigenvalue weighted by Crippen LogP contribution is -2.52. The van der Waals surface area contributed by atoms with Crippen LogP contribution in [0.5, 0.6) is 0 Å². The molecule has 0 saturated carbocycles. The number of hydrogen-bond donors (Lipinski definition) is 7. The number of alkyl halides is 2. The van der Waals surface area contributed by atoms with E-state index in [0.29, 0.717) is 10.8 Å². The Morgan fingerprint density at radius 3 is 2.33 bits per heavy atom. The van der Waals surface area contributed by atoms with Crippen molar-refractivity contribution in [2.45, 2.75) is 23.8 Å². The molecule has 190 valence electrons. The second-order valence-electron chi connectivity index (χ2n) is 6.31. The predicted molar refractivity (Wildman–Crippen MR) is 98.1 cm³/mol. The lowest BCUT2D eigenvalue weighted by Gasteiger charge is -2.29. The number of aliphatic hydroxyl groups excluding tert-OH is 1. The van der Waals surface area contributed by atoms with Gasteiger partial charge in [-0.05, 0) is 12.2 Å². The van der Waals surface area contributed by atoms with E-state index in [0.717, 1.165) is 0 Å². The Hall–Kier alpha value is -0.820. The number of phosphoric acid groups is 3. The molecule has 0 aromatic carbocycles. The van der Waals surface area contributed by atoms with Crippen molar-refractivity contribution >= 4 is 41.5 Å². The van der Waals surface area contributed by atoms with Gasteiger partial charge < -0.3 is 40.3 Å². The van der Waals surface area contributed by atoms with Gasteiger partial charge in [-0.25, -0.2) is 26.9 Å². The van der Waals surface area contributed by atoms with E-state index in [9.17, 15) is 37.6 Å². The van der Waals surface area contributed by atoms with Crippen LogP contribution in [0, 0.1) is 10.6 Å². The molecule has 0 radical (unpaired) electrons. The van der Waals surface area contributed by atoms with E-state index in [2.05, 4.69) is 22.9 Å². The number of phosphoric ester groups is 1. The van der Waals surface area contributed by atoms with Gasteiger partial charge in [0.2, 0.25) is 4.77 Å². The summed E-state index contributed by atoms with van der Waals surface area (Å²) >= 11 is 4.74. The average Bonchev–Trinajstić information content (AvgIpc) is 2.82. The van der Waals surface area contributed by atoms with Gasteiger partial charge in [0.05, 0.1) is 0 Å². The highest BCUT2D eigenvalue weighted by Gasteiger charge is 2.66. The van der Waals surface area contributed by atoms with Crippen LogP contribution < -0.4 is 5.73 Å². The van der Waals surface area contributed by atoms with E-state index in [1.54, 1.807) is 0 Å². The Bertz CT molecular complexity index is 1120. The maximum atomic E-state index is 15.2. The first-order chi connectivity index (χ1) is 14.8. The van der Waals surface area contributed by atoms with Crippen LogP contribution in [0.25, 0.3) is 0 Å². The van der Waals surface area contributed by atoms with Gasteiger partial charge in [0, 0.05) is 6.20 Å². The molecule has 33 heavy (non-hydrogen) atoms. The molecule has 0 spiro atoms. The maximum Gasteiger partial charge on any atom is 0.490 e. The minimum atomic E-state index is -5.96. The Morgan fingerprint density at radius 1 is 1.24 bits per heavy atom. The number of hydrogen-bond acceptors (Lipinski definition) is 12. The zero-order valence-electron chi connectivity index (χ0n) is 15.5. The van der Waals surface area contributed by atoms with Crippen molar-refractivity contribution in [3.8, 4) is 0 Å². The summed E-state index contributed by atoms with van der Waals surface area (Å²) < 4.78 is 91.4. The van der Waals surface area contributed by atoms with Crippen molar-refractivity contribution in [3.05, 3.63) is 16.8 Å². The monoisotopic (exact) mass is 567 g/mol. The summed E-state index contributed by atoms with van der Waals surface area (Å²) in [4.78, 5) is 38.7. The second kappa shape index (κ2) is 9.33. The first-order valence-corrected chi connectivity index (χ1v) is 12.8. The first kappa shape index (κ1) is 28.4. The summed E-state index contributed by atoms with van der Waals surface area (Å²) in [6, 6.07) is 0. The van der Waals surface area contributed by atoms with Crippen LogP contribution in [0.4, 0.5) is 19.0 Å². The number of aromatic nitrogens is 2. The van der Waals surface area contributed by atoms with Gasteiger partial charge in [0.25, 0.3) is 5.85 Å². The first-order valence-electron chi connectivity index (χ1n) is 7.91. The Balaban J connectivity index is 2.30. The van der Waals surface area contributed by atoms with E-state index in [1.165, 1.54) is 0 Å². The molecular formula is C10H15F3N3O13P3S. The van der Waals surface area contributed by atoms with Crippen LogP contribution in [0.15, 0.2) is 6.20 Å². The standard InChI is InChI=1S/C10H15F3N3O13P3S/c11-2-9(18)6(17)10(13,27-7(9)16-1-4(12)5(14)15-8(16)33)3-26-31(22,23)29-32(24,25)28-30(19,20)21/h1,6-7,17-18H,2-3H2,(H,22,23)(H,24,25)(H2,14,15,33)(H2,19,20,21)/t6?,7?,9-,10+/m0/s1. The van der Waals surface area contributed by atoms with Gasteiger partial charge in [-0.15, -0.1) is 0 Å². The minimum absolute atomic E-state index is 0.371. The molecular weight excluding hydrogens is 552 g/mol. The maximum absolute atomic E-state index is 15.2. The largest absolute Gasteiger partial charge is 0.490 e. The number of rotatable bonds is 9. The van der Waals surface area contributed by atoms with Crippen molar-refractivity contribution in [3.63, 3.8) is 0 Å². The van der Waals surface area contributed by atoms with Crippen molar-refractivity contribution in [2.24, 2.45) is 0 Å². The topological polar surface area (TPSA) is 253 Å². The number of anilines is 1. The Labute approximate surface area is 185 Å². The summed E-state index contributed by atoms with van der Waals surface area (Å²) in [6.45, 7) is -3.87. The molecule has 1 aromatic heterocycles. The van der Waals surface area contributed by atoms with Crippen molar-refractivity contribution in [2.75, 3.05) is 19.0 Å². The van der Waals surface area contributed by atoms with Crippen LogP contribution in [-0.2, 0) is 31.6 Å². The fourth-order valence-electron chi connectivity index (χ4n) is 2.51. The van der Waals surface area contributed by atoms with E-state index >= 15 is 4.39 Å². The molecule has 16 nitrogen and oxygen atoms in total. The lowest BCUT2D eigenvalue weighted by molar-refractivity contribution is -0.204. The lowest BCUT2D eigenvalue weighted by atomic mass is 9.94. The molecule has 4 unspecified atom stereocenters. The summed E-state index contributed by atoms with van der Waals surface area (Å²) in [6.07, 6.45) is -4.84. The number of nitrogen functional groups attached to an aromatic ring is 1. The zero-order chi connectivity index (χ0) is 25.6. The summed E-state index contributed by atoms with van der Waals surface area (Å²) in [5, 5.41) is 20.5. The third kappa shape index (κ3) is 6.45. The SMILES string of the molecule is Nc1nc(=S)n(C2O[C@](F)(COP(=O)(O)OP(=O)(O)OP(=O)(O)O)C(O)[C@@]2(O)CF)cc1F. The van der Waals surface area contributed by atoms with Crippen molar-refractivity contribution in [1.82, 2.24) is 9.55 Å². The highest BCUT2D eigenvalue weighted by Crippen LogP contribution is 2.66. The molecule has 8 N–H and O–H groups in total. The molecule has 1 fully saturated rings. The molecule has 0 amide bonds. The second-order valence-corrected chi connectivity index (χ2v) is 11.1. The van der Waals surface area contributed by atoms with Gasteiger partial charge in [-0.2, -0.15) is 13.6 Å². The number of halogens is 3. The summed E-state index contributed by atoms with van der Waals surface area (Å²) in [5.74, 6) is -5.77.